The lowest BCUT2D eigenvalue weighted by molar-refractivity contribution is 0.102. The highest BCUT2D eigenvalue weighted by Crippen LogP contribution is 2.24. The maximum atomic E-state index is 13.3. The molecule has 0 saturated carbocycles. The van der Waals surface area contributed by atoms with Gasteiger partial charge in [0.15, 0.2) is 5.69 Å². The first-order chi connectivity index (χ1) is 11.7. The van der Waals surface area contributed by atoms with Crippen LogP contribution in [-0.2, 0) is 0 Å². The molecule has 1 N–H and O–H groups in total. The standard InChI is InChI=1S/C18H12FN3OS/c19-13-2-1-3-15(11-13)22-8-6-16(21-22)18(23)20-14-4-5-17-12(10-14)7-9-24-17/h1-11H,(H,20,23). The summed E-state index contributed by atoms with van der Waals surface area (Å²) in [6.45, 7) is 0. The summed E-state index contributed by atoms with van der Waals surface area (Å²) in [4.78, 5) is 12.3. The number of carbonyl (C=O) groups excluding carboxylic acids is 1. The van der Waals surface area contributed by atoms with Crippen molar-refractivity contribution in [3.05, 3.63) is 77.7 Å². The number of halogens is 1. The Morgan fingerprint density at radius 2 is 2.04 bits per heavy atom. The molecular weight excluding hydrogens is 325 g/mol. The summed E-state index contributed by atoms with van der Waals surface area (Å²) in [5.74, 6) is -0.655. The van der Waals surface area contributed by atoms with E-state index in [9.17, 15) is 9.18 Å². The van der Waals surface area contributed by atoms with Crippen LogP contribution in [0.5, 0.6) is 0 Å². The van der Waals surface area contributed by atoms with Crippen LogP contribution in [0.15, 0.2) is 66.2 Å². The summed E-state index contributed by atoms with van der Waals surface area (Å²) in [7, 11) is 0. The number of nitrogens with one attached hydrogen (secondary N) is 1. The molecule has 4 rings (SSSR count). The Morgan fingerprint density at radius 1 is 1.12 bits per heavy atom. The van der Waals surface area contributed by atoms with Gasteiger partial charge in [-0.25, -0.2) is 9.07 Å². The lowest BCUT2D eigenvalue weighted by Gasteiger charge is -2.04. The van der Waals surface area contributed by atoms with Crippen molar-refractivity contribution in [3.63, 3.8) is 0 Å². The van der Waals surface area contributed by atoms with Crippen molar-refractivity contribution < 1.29 is 9.18 Å². The van der Waals surface area contributed by atoms with Gasteiger partial charge in [-0.1, -0.05) is 6.07 Å². The second-order valence-corrected chi connectivity index (χ2v) is 6.20. The van der Waals surface area contributed by atoms with E-state index >= 15 is 0 Å². The average Bonchev–Trinajstić information content (AvgIpc) is 3.24. The van der Waals surface area contributed by atoms with E-state index in [-0.39, 0.29) is 17.4 Å². The molecule has 0 spiro atoms. The van der Waals surface area contributed by atoms with Crippen molar-refractivity contribution in [1.29, 1.82) is 0 Å². The van der Waals surface area contributed by atoms with E-state index in [1.165, 1.54) is 21.5 Å². The van der Waals surface area contributed by atoms with Gasteiger partial charge in [-0.3, -0.25) is 4.79 Å². The van der Waals surface area contributed by atoms with Gasteiger partial charge in [0, 0.05) is 16.6 Å². The monoisotopic (exact) mass is 337 g/mol. The van der Waals surface area contributed by atoms with Crippen LogP contribution in [0.25, 0.3) is 15.8 Å². The number of anilines is 1. The van der Waals surface area contributed by atoms with Gasteiger partial charge in [0.2, 0.25) is 0 Å². The first-order valence-electron chi connectivity index (χ1n) is 7.29. The van der Waals surface area contributed by atoms with E-state index in [0.29, 0.717) is 11.4 Å². The molecular formula is C18H12FN3OS. The number of fused-ring (bicyclic) bond motifs is 1. The minimum Gasteiger partial charge on any atom is -0.321 e. The maximum absolute atomic E-state index is 13.3. The van der Waals surface area contributed by atoms with Gasteiger partial charge in [-0.05, 0) is 59.3 Å². The smallest absolute Gasteiger partial charge is 0.276 e. The summed E-state index contributed by atoms with van der Waals surface area (Å²) in [5, 5.41) is 10.1. The third kappa shape index (κ3) is 2.79. The minimum absolute atomic E-state index is 0.268. The van der Waals surface area contributed by atoms with E-state index in [1.54, 1.807) is 35.7 Å². The molecule has 2 aromatic carbocycles. The fraction of sp³-hybridized carbons (Fsp3) is 0. The molecule has 6 heteroatoms. The maximum Gasteiger partial charge on any atom is 0.276 e. The van der Waals surface area contributed by atoms with Gasteiger partial charge >= 0.3 is 0 Å². The molecule has 118 valence electrons. The van der Waals surface area contributed by atoms with Crippen LogP contribution in [-0.4, -0.2) is 15.7 Å². The molecule has 4 aromatic rings. The van der Waals surface area contributed by atoms with Crippen molar-refractivity contribution in [2.45, 2.75) is 0 Å². The molecule has 0 fully saturated rings. The molecule has 0 saturated heterocycles. The summed E-state index contributed by atoms with van der Waals surface area (Å²) < 4.78 is 15.9. The highest BCUT2D eigenvalue weighted by molar-refractivity contribution is 7.17. The number of amides is 1. The van der Waals surface area contributed by atoms with Gasteiger partial charge in [0.05, 0.1) is 5.69 Å². The number of hydrogen-bond acceptors (Lipinski definition) is 3. The van der Waals surface area contributed by atoms with E-state index in [2.05, 4.69) is 10.4 Å². The SMILES string of the molecule is O=C(Nc1ccc2sccc2c1)c1ccn(-c2cccc(F)c2)n1. The van der Waals surface area contributed by atoms with Gasteiger partial charge < -0.3 is 5.32 Å². The highest BCUT2D eigenvalue weighted by atomic mass is 32.1. The molecule has 0 atom stereocenters. The van der Waals surface area contributed by atoms with E-state index in [4.69, 9.17) is 0 Å². The van der Waals surface area contributed by atoms with Crippen molar-refractivity contribution in [3.8, 4) is 5.69 Å². The fourth-order valence-electron chi connectivity index (χ4n) is 2.45. The Bertz CT molecular complexity index is 1040. The fourth-order valence-corrected chi connectivity index (χ4v) is 3.22. The Labute approximate surface area is 141 Å². The Balaban J connectivity index is 1.56. The molecule has 0 aliphatic rings. The van der Waals surface area contributed by atoms with Crippen molar-refractivity contribution in [1.82, 2.24) is 9.78 Å². The van der Waals surface area contributed by atoms with Gasteiger partial charge in [-0.15, -0.1) is 11.3 Å². The normalized spacial score (nSPS) is 10.9. The first-order valence-corrected chi connectivity index (χ1v) is 8.17. The third-order valence-corrected chi connectivity index (χ3v) is 4.50. The molecule has 1 amide bonds. The van der Waals surface area contributed by atoms with E-state index in [0.717, 1.165) is 5.39 Å². The average molecular weight is 337 g/mol. The second-order valence-electron chi connectivity index (χ2n) is 5.25. The topological polar surface area (TPSA) is 46.9 Å². The Hall–Kier alpha value is -2.99. The van der Waals surface area contributed by atoms with Crippen molar-refractivity contribution in [2.75, 3.05) is 5.32 Å². The zero-order valence-electron chi connectivity index (χ0n) is 12.4. The third-order valence-electron chi connectivity index (χ3n) is 3.60. The number of rotatable bonds is 3. The largest absolute Gasteiger partial charge is 0.321 e. The van der Waals surface area contributed by atoms with Crippen LogP contribution in [0.1, 0.15) is 10.5 Å². The van der Waals surface area contributed by atoms with E-state index < -0.39 is 0 Å². The first kappa shape index (κ1) is 14.6. The Kier molecular flexibility index (Phi) is 3.59. The van der Waals surface area contributed by atoms with Crippen LogP contribution in [0.4, 0.5) is 10.1 Å². The number of nitrogens with zero attached hydrogens (tertiary/aromatic N) is 2. The highest BCUT2D eigenvalue weighted by Gasteiger charge is 2.11. The lowest BCUT2D eigenvalue weighted by Crippen LogP contribution is -2.13. The van der Waals surface area contributed by atoms with Crippen LogP contribution < -0.4 is 5.32 Å². The summed E-state index contributed by atoms with van der Waals surface area (Å²) in [5.41, 5.74) is 1.55. The summed E-state index contributed by atoms with van der Waals surface area (Å²) >= 11 is 1.65. The zero-order chi connectivity index (χ0) is 16.5. The summed E-state index contributed by atoms with van der Waals surface area (Å²) in [6, 6.07) is 15.4. The van der Waals surface area contributed by atoms with Crippen LogP contribution in [0, 0.1) is 5.82 Å². The number of carbonyl (C=O) groups is 1. The molecule has 4 nitrogen and oxygen atoms in total. The molecule has 0 aliphatic heterocycles. The molecule has 0 bridgehead atoms. The zero-order valence-corrected chi connectivity index (χ0v) is 13.3. The lowest BCUT2D eigenvalue weighted by atomic mass is 10.2. The van der Waals surface area contributed by atoms with Gasteiger partial charge in [0.25, 0.3) is 5.91 Å². The molecule has 0 unspecified atom stereocenters. The molecule has 0 aliphatic carbocycles. The van der Waals surface area contributed by atoms with E-state index in [1.807, 2.05) is 29.6 Å². The predicted octanol–water partition coefficient (Wildman–Crippen LogP) is 4.48. The molecule has 24 heavy (non-hydrogen) atoms. The quantitative estimate of drug-likeness (QED) is 0.599. The summed E-state index contributed by atoms with van der Waals surface area (Å²) in [6.07, 6.45) is 1.63. The number of thiophene rings is 1. The number of benzene rings is 2. The molecule has 0 radical (unpaired) electrons. The van der Waals surface area contributed by atoms with Crippen molar-refractivity contribution >= 4 is 33.0 Å². The minimum atomic E-state index is -0.349. The number of aromatic nitrogens is 2. The van der Waals surface area contributed by atoms with Crippen LogP contribution >= 0.6 is 11.3 Å². The van der Waals surface area contributed by atoms with Crippen LogP contribution in [0.3, 0.4) is 0 Å². The van der Waals surface area contributed by atoms with Crippen molar-refractivity contribution in [2.24, 2.45) is 0 Å². The predicted molar refractivity (Wildman–Crippen MR) is 93.3 cm³/mol. The number of hydrogen-bond donors (Lipinski definition) is 1. The molecule has 2 heterocycles. The van der Waals surface area contributed by atoms with Gasteiger partial charge in [0.1, 0.15) is 5.82 Å². The van der Waals surface area contributed by atoms with Crippen LogP contribution in [0.2, 0.25) is 0 Å². The van der Waals surface area contributed by atoms with Gasteiger partial charge in [-0.2, -0.15) is 5.10 Å². The second kappa shape index (κ2) is 5.90. The molecule has 2 aromatic heterocycles. The Morgan fingerprint density at radius 3 is 2.92 bits per heavy atom.